The van der Waals surface area contributed by atoms with Crippen molar-refractivity contribution in [2.24, 2.45) is 0 Å². The lowest BCUT2D eigenvalue weighted by atomic mass is 10.3. The fraction of sp³-hybridized carbons (Fsp3) is 0.125. The molecule has 74 valence electrons. The highest BCUT2D eigenvalue weighted by molar-refractivity contribution is 7.13. The fourth-order valence-corrected chi connectivity index (χ4v) is 1.67. The molecule has 6 heteroatoms. The van der Waals surface area contributed by atoms with Crippen molar-refractivity contribution >= 4 is 21.6 Å². The highest BCUT2D eigenvalue weighted by atomic mass is 32.1. The van der Waals surface area contributed by atoms with Gasteiger partial charge >= 0.3 is 6.36 Å². The Morgan fingerprint density at radius 2 is 2.07 bits per heavy atom. The third kappa shape index (κ3) is 1.95. The van der Waals surface area contributed by atoms with Crippen LogP contribution in [0.25, 0.3) is 10.1 Å². The Morgan fingerprint density at radius 1 is 1.29 bits per heavy atom. The summed E-state index contributed by atoms with van der Waals surface area (Å²) >= 11 is 1.23. The van der Waals surface area contributed by atoms with E-state index in [0.717, 1.165) is 4.70 Å². The van der Waals surface area contributed by atoms with Crippen LogP contribution >= 0.6 is 11.5 Å². The first-order valence-corrected chi connectivity index (χ1v) is 4.42. The topological polar surface area (TPSA) is 22.1 Å². The molecule has 0 radical (unpaired) electrons. The third-order valence-corrected chi connectivity index (χ3v) is 2.34. The number of fused-ring (bicyclic) bond motifs is 1. The molecule has 0 unspecified atom stereocenters. The minimum atomic E-state index is -4.64. The van der Waals surface area contributed by atoms with Crippen molar-refractivity contribution in [2.75, 3.05) is 0 Å². The lowest BCUT2D eigenvalue weighted by Gasteiger charge is -2.07. The van der Waals surface area contributed by atoms with Crippen LogP contribution in [0.3, 0.4) is 0 Å². The minimum absolute atomic E-state index is 0.217. The number of aromatic nitrogens is 1. The Balaban J connectivity index is 2.35. The summed E-state index contributed by atoms with van der Waals surface area (Å²) in [6.07, 6.45) is -3.14. The monoisotopic (exact) mass is 219 g/mol. The summed E-state index contributed by atoms with van der Waals surface area (Å²) in [4.78, 5) is 0. The molecule has 1 heterocycles. The molecular weight excluding hydrogens is 215 g/mol. The lowest BCUT2D eigenvalue weighted by Crippen LogP contribution is -2.16. The number of hydrogen-bond acceptors (Lipinski definition) is 3. The van der Waals surface area contributed by atoms with E-state index in [4.69, 9.17) is 0 Å². The maximum absolute atomic E-state index is 11.8. The van der Waals surface area contributed by atoms with Crippen molar-refractivity contribution in [3.8, 4) is 5.75 Å². The van der Waals surface area contributed by atoms with E-state index in [-0.39, 0.29) is 5.75 Å². The van der Waals surface area contributed by atoms with E-state index in [9.17, 15) is 13.2 Å². The normalized spacial score (nSPS) is 11.9. The van der Waals surface area contributed by atoms with E-state index in [2.05, 4.69) is 9.11 Å². The van der Waals surface area contributed by atoms with Crippen molar-refractivity contribution in [1.29, 1.82) is 0 Å². The second-order valence-electron chi connectivity index (χ2n) is 2.57. The molecule has 1 aromatic carbocycles. The molecule has 0 aliphatic rings. The van der Waals surface area contributed by atoms with E-state index < -0.39 is 6.36 Å². The predicted molar refractivity (Wildman–Crippen MR) is 46.3 cm³/mol. The number of nitrogens with zero attached hydrogens (tertiary/aromatic N) is 1. The van der Waals surface area contributed by atoms with Crippen LogP contribution in [0.4, 0.5) is 13.2 Å². The first-order valence-electron chi connectivity index (χ1n) is 3.65. The zero-order valence-corrected chi connectivity index (χ0v) is 7.52. The number of benzene rings is 1. The van der Waals surface area contributed by atoms with Gasteiger partial charge in [0.05, 0.1) is 4.70 Å². The summed E-state index contributed by atoms with van der Waals surface area (Å²) in [6, 6.07) is 4.13. The van der Waals surface area contributed by atoms with Gasteiger partial charge in [-0.25, -0.2) is 0 Å². The van der Waals surface area contributed by atoms with Crippen LogP contribution < -0.4 is 4.74 Å². The Labute approximate surface area is 81.1 Å². The molecule has 2 nitrogen and oxygen atoms in total. The number of rotatable bonds is 1. The van der Waals surface area contributed by atoms with Gasteiger partial charge in [-0.15, -0.1) is 13.2 Å². The summed E-state index contributed by atoms with van der Waals surface area (Å²) in [5, 5.41) is 0.650. The molecule has 0 fully saturated rings. The van der Waals surface area contributed by atoms with E-state index in [0.29, 0.717) is 5.39 Å². The maximum Gasteiger partial charge on any atom is 0.573 e. The molecule has 0 amide bonds. The van der Waals surface area contributed by atoms with Crippen molar-refractivity contribution < 1.29 is 17.9 Å². The molecule has 0 bridgehead atoms. The van der Waals surface area contributed by atoms with E-state index in [1.165, 1.54) is 29.9 Å². The highest BCUT2D eigenvalue weighted by Gasteiger charge is 2.31. The highest BCUT2D eigenvalue weighted by Crippen LogP contribution is 2.27. The second-order valence-corrected chi connectivity index (χ2v) is 3.41. The van der Waals surface area contributed by atoms with Crippen LogP contribution in [-0.4, -0.2) is 10.7 Å². The van der Waals surface area contributed by atoms with Crippen LogP contribution in [0.15, 0.2) is 24.4 Å². The van der Waals surface area contributed by atoms with Gasteiger partial charge in [-0.2, -0.15) is 4.37 Å². The zero-order chi connectivity index (χ0) is 10.2. The van der Waals surface area contributed by atoms with Crippen molar-refractivity contribution in [3.63, 3.8) is 0 Å². The summed E-state index contributed by atoms with van der Waals surface area (Å²) in [5.41, 5.74) is 0. The third-order valence-electron chi connectivity index (χ3n) is 1.56. The average molecular weight is 219 g/mol. The Kier molecular flexibility index (Phi) is 2.07. The molecule has 0 atom stereocenters. The first-order chi connectivity index (χ1) is 6.54. The molecular formula is C8H4F3NOS. The summed E-state index contributed by atoms with van der Waals surface area (Å²) in [6.45, 7) is 0. The van der Waals surface area contributed by atoms with Crippen LogP contribution in [0.1, 0.15) is 0 Å². The zero-order valence-electron chi connectivity index (χ0n) is 6.71. The van der Waals surface area contributed by atoms with Gasteiger partial charge < -0.3 is 4.74 Å². The Bertz CT molecular complexity index is 451. The molecule has 0 aliphatic heterocycles. The molecule has 0 spiro atoms. The molecule has 0 saturated heterocycles. The van der Waals surface area contributed by atoms with Gasteiger partial charge in [-0.3, -0.25) is 0 Å². The van der Waals surface area contributed by atoms with E-state index in [1.807, 2.05) is 0 Å². The summed E-state index contributed by atoms with van der Waals surface area (Å²) in [7, 11) is 0. The van der Waals surface area contributed by atoms with Crippen LogP contribution in [0, 0.1) is 0 Å². The van der Waals surface area contributed by atoms with Crippen LogP contribution in [0.2, 0.25) is 0 Å². The van der Waals surface area contributed by atoms with Gasteiger partial charge in [0.15, 0.2) is 0 Å². The molecule has 14 heavy (non-hydrogen) atoms. The van der Waals surface area contributed by atoms with Crippen molar-refractivity contribution in [3.05, 3.63) is 24.4 Å². The van der Waals surface area contributed by atoms with Gasteiger partial charge in [-0.05, 0) is 29.7 Å². The van der Waals surface area contributed by atoms with Gasteiger partial charge in [0, 0.05) is 11.6 Å². The molecule has 0 aliphatic carbocycles. The fourth-order valence-electron chi connectivity index (χ4n) is 1.05. The van der Waals surface area contributed by atoms with Gasteiger partial charge in [0.1, 0.15) is 5.75 Å². The maximum atomic E-state index is 11.8. The second kappa shape index (κ2) is 3.13. The first kappa shape index (κ1) is 9.26. The molecule has 0 saturated carbocycles. The number of alkyl halides is 3. The van der Waals surface area contributed by atoms with Crippen molar-refractivity contribution in [1.82, 2.24) is 4.37 Å². The van der Waals surface area contributed by atoms with Crippen LogP contribution in [0.5, 0.6) is 5.75 Å². The lowest BCUT2D eigenvalue weighted by molar-refractivity contribution is -0.274. The smallest absolute Gasteiger partial charge is 0.406 e. The predicted octanol–water partition coefficient (Wildman–Crippen LogP) is 3.19. The summed E-state index contributed by atoms with van der Waals surface area (Å²) < 4.78 is 43.9. The summed E-state index contributed by atoms with van der Waals surface area (Å²) in [5.74, 6) is -0.217. The largest absolute Gasteiger partial charge is 0.573 e. The molecule has 0 N–H and O–H groups in total. The Morgan fingerprint density at radius 3 is 2.79 bits per heavy atom. The average Bonchev–Trinajstić information content (AvgIpc) is 2.47. The van der Waals surface area contributed by atoms with Gasteiger partial charge in [0.25, 0.3) is 0 Å². The van der Waals surface area contributed by atoms with Crippen molar-refractivity contribution in [2.45, 2.75) is 6.36 Å². The molecule has 1 aromatic heterocycles. The van der Waals surface area contributed by atoms with Gasteiger partial charge in [0.2, 0.25) is 0 Å². The number of ether oxygens (including phenoxy) is 1. The van der Waals surface area contributed by atoms with Gasteiger partial charge in [-0.1, -0.05) is 0 Å². The standard InChI is InChI=1S/C8H4F3NOS/c9-8(10,11)13-6-1-2-7-5(3-6)4-12-14-7/h1-4H. The number of hydrogen-bond donors (Lipinski definition) is 0. The van der Waals surface area contributed by atoms with E-state index >= 15 is 0 Å². The molecule has 2 rings (SSSR count). The number of halogens is 3. The molecule has 2 aromatic rings. The quantitative estimate of drug-likeness (QED) is 0.734. The Hall–Kier alpha value is -1.30. The van der Waals surface area contributed by atoms with Crippen LogP contribution in [-0.2, 0) is 0 Å². The minimum Gasteiger partial charge on any atom is -0.406 e. The SMILES string of the molecule is FC(F)(F)Oc1ccc2sncc2c1. The van der Waals surface area contributed by atoms with E-state index in [1.54, 1.807) is 6.07 Å².